The summed E-state index contributed by atoms with van der Waals surface area (Å²) in [6, 6.07) is 9.97. The van der Waals surface area contributed by atoms with Crippen LogP contribution < -0.4 is 4.74 Å². The van der Waals surface area contributed by atoms with E-state index in [0.717, 1.165) is 46.2 Å². The molecule has 4 nitrogen and oxygen atoms in total. The van der Waals surface area contributed by atoms with Gasteiger partial charge in [0.1, 0.15) is 28.0 Å². The zero-order valence-corrected chi connectivity index (χ0v) is 12.2. The summed E-state index contributed by atoms with van der Waals surface area (Å²) in [5.41, 5.74) is 1.69. The predicted molar refractivity (Wildman–Crippen MR) is 82.3 cm³/mol. The van der Waals surface area contributed by atoms with E-state index in [1.807, 2.05) is 24.3 Å². The van der Waals surface area contributed by atoms with E-state index in [9.17, 15) is 5.26 Å². The lowest BCUT2D eigenvalue weighted by molar-refractivity contribution is 0.415. The number of allylic oxidation sites excluding steroid dienone is 1. The van der Waals surface area contributed by atoms with E-state index in [4.69, 9.17) is 9.15 Å². The number of hydrogen-bond acceptors (Lipinski definition) is 5. The van der Waals surface area contributed by atoms with Crippen LogP contribution >= 0.6 is 11.8 Å². The second kappa shape index (κ2) is 4.61. The van der Waals surface area contributed by atoms with E-state index in [-0.39, 0.29) is 0 Å². The van der Waals surface area contributed by atoms with Gasteiger partial charge in [-0.15, -0.1) is 0 Å². The Morgan fingerprint density at radius 3 is 3.10 bits per heavy atom. The molecule has 2 aliphatic rings. The van der Waals surface area contributed by atoms with Gasteiger partial charge in [0.15, 0.2) is 5.76 Å². The highest BCUT2D eigenvalue weighted by Gasteiger charge is 2.33. The van der Waals surface area contributed by atoms with E-state index in [1.54, 1.807) is 7.11 Å². The fourth-order valence-electron chi connectivity index (χ4n) is 2.72. The summed E-state index contributed by atoms with van der Waals surface area (Å²) in [5.74, 6) is 1.54. The molecular weight excluding hydrogens is 284 g/mol. The summed E-state index contributed by atoms with van der Waals surface area (Å²) in [4.78, 5) is 2.87. The SMILES string of the molecule is COc1ccc2oc(C3=C(C#N)SC4=CCCN43)cc2c1. The molecule has 0 aliphatic carbocycles. The second-order valence-electron chi connectivity index (χ2n) is 4.89. The predicted octanol–water partition coefficient (Wildman–Crippen LogP) is 3.93. The van der Waals surface area contributed by atoms with E-state index in [0.29, 0.717) is 4.91 Å². The maximum Gasteiger partial charge on any atom is 0.153 e. The number of thioether (sulfide) groups is 1. The third-order valence-corrected chi connectivity index (χ3v) is 4.77. The lowest BCUT2D eigenvalue weighted by atomic mass is 10.2. The van der Waals surface area contributed by atoms with Gasteiger partial charge in [0, 0.05) is 11.9 Å². The van der Waals surface area contributed by atoms with Crippen LogP contribution in [-0.4, -0.2) is 18.6 Å². The van der Waals surface area contributed by atoms with Crippen LogP contribution in [0.2, 0.25) is 0 Å². The maximum atomic E-state index is 9.37. The van der Waals surface area contributed by atoms with Crippen molar-refractivity contribution in [2.45, 2.75) is 6.42 Å². The first-order valence-electron chi connectivity index (χ1n) is 6.68. The smallest absolute Gasteiger partial charge is 0.153 e. The number of ether oxygens (including phenoxy) is 1. The van der Waals surface area contributed by atoms with Crippen LogP contribution in [0.25, 0.3) is 16.7 Å². The normalized spacial score (nSPS) is 17.1. The first-order valence-corrected chi connectivity index (χ1v) is 7.49. The Labute approximate surface area is 126 Å². The Hall–Kier alpha value is -2.32. The lowest BCUT2D eigenvalue weighted by Gasteiger charge is -2.15. The van der Waals surface area contributed by atoms with Crippen LogP contribution in [0.4, 0.5) is 0 Å². The topological polar surface area (TPSA) is 49.4 Å². The molecule has 0 atom stereocenters. The minimum atomic E-state index is 0.701. The van der Waals surface area contributed by atoms with Crippen molar-refractivity contribution in [3.05, 3.63) is 46.0 Å². The molecule has 0 fully saturated rings. The van der Waals surface area contributed by atoms with Crippen LogP contribution in [0.15, 0.2) is 44.7 Å². The van der Waals surface area contributed by atoms with Gasteiger partial charge in [0.25, 0.3) is 0 Å². The zero-order chi connectivity index (χ0) is 14.4. The summed E-state index contributed by atoms with van der Waals surface area (Å²) < 4.78 is 11.2. The van der Waals surface area contributed by atoms with Crippen molar-refractivity contribution in [2.24, 2.45) is 0 Å². The molecule has 5 heteroatoms. The molecular formula is C16H12N2O2S. The zero-order valence-electron chi connectivity index (χ0n) is 11.4. The molecule has 21 heavy (non-hydrogen) atoms. The van der Waals surface area contributed by atoms with E-state index in [1.165, 1.54) is 11.8 Å². The maximum absolute atomic E-state index is 9.37. The van der Waals surface area contributed by atoms with Crippen LogP contribution in [0, 0.1) is 11.3 Å². The van der Waals surface area contributed by atoms with Crippen molar-refractivity contribution in [1.29, 1.82) is 5.26 Å². The molecule has 1 aromatic carbocycles. The first kappa shape index (κ1) is 12.4. The molecule has 3 heterocycles. The quantitative estimate of drug-likeness (QED) is 0.840. The average Bonchev–Trinajstić information content (AvgIpc) is 3.18. The Bertz CT molecular complexity index is 842. The lowest BCUT2D eigenvalue weighted by Crippen LogP contribution is -2.12. The Morgan fingerprint density at radius 2 is 2.29 bits per heavy atom. The molecule has 0 spiro atoms. The molecule has 0 N–H and O–H groups in total. The number of fused-ring (bicyclic) bond motifs is 2. The summed E-state index contributed by atoms with van der Waals surface area (Å²) in [5, 5.41) is 11.5. The Balaban J connectivity index is 1.85. The van der Waals surface area contributed by atoms with Gasteiger partial charge in [0.05, 0.1) is 12.1 Å². The van der Waals surface area contributed by atoms with Crippen molar-refractivity contribution in [3.8, 4) is 11.8 Å². The highest BCUT2D eigenvalue weighted by Crippen LogP contribution is 2.48. The van der Waals surface area contributed by atoms with E-state index < -0.39 is 0 Å². The van der Waals surface area contributed by atoms with Gasteiger partial charge >= 0.3 is 0 Å². The van der Waals surface area contributed by atoms with Gasteiger partial charge < -0.3 is 14.1 Å². The van der Waals surface area contributed by atoms with Crippen molar-refractivity contribution in [2.75, 3.05) is 13.7 Å². The number of benzene rings is 1. The molecule has 1 aromatic heterocycles. The monoisotopic (exact) mass is 296 g/mol. The number of furan rings is 1. The minimum absolute atomic E-state index is 0.701. The number of nitrogens with zero attached hydrogens (tertiary/aromatic N) is 2. The molecule has 0 saturated heterocycles. The van der Waals surface area contributed by atoms with Crippen molar-refractivity contribution in [3.63, 3.8) is 0 Å². The van der Waals surface area contributed by atoms with Gasteiger partial charge in [-0.05, 0) is 30.7 Å². The van der Waals surface area contributed by atoms with E-state index in [2.05, 4.69) is 17.0 Å². The van der Waals surface area contributed by atoms with E-state index >= 15 is 0 Å². The fourth-order valence-corrected chi connectivity index (χ4v) is 3.77. The van der Waals surface area contributed by atoms with Gasteiger partial charge in [-0.2, -0.15) is 5.26 Å². The second-order valence-corrected chi connectivity index (χ2v) is 5.92. The molecule has 0 unspecified atom stereocenters. The minimum Gasteiger partial charge on any atom is -0.497 e. The summed E-state index contributed by atoms with van der Waals surface area (Å²) in [6.07, 6.45) is 3.18. The molecule has 0 amide bonds. The molecule has 104 valence electrons. The molecule has 2 aliphatic heterocycles. The van der Waals surface area contributed by atoms with Gasteiger partial charge in [-0.25, -0.2) is 0 Å². The van der Waals surface area contributed by atoms with Crippen LogP contribution in [0.5, 0.6) is 5.75 Å². The van der Waals surface area contributed by atoms with Crippen molar-refractivity contribution < 1.29 is 9.15 Å². The number of methoxy groups -OCH3 is 1. The summed E-state index contributed by atoms with van der Waals surface area (Å²) in [6.45, 7) is 0.906. The number of nitriles is 1. The van der Waals surface area contributed by atoms with Crippen molar-refractivity contribution >= 4 is 28.4 Å². The third-order valence-electron chi connectivity index (χ3n) is 3.69. The third kappa shape index (κ3) is 1.83. The highest BCUT2D eigenvalue weighted by atomic mass is 32.2. The first-order chi connectivity index (χ1) is 10.3. The van der Waals surface area contributed by atoms with Crippen LogP contribution in [0.1, 0.15) is 12.2 Å². The van der Waals surface area contributed by atoms with Gasteiger partial charge in [-0.3, -0.25) is 0 Å². The fraction of sp³-hybridized carbons (Fsp3) is 0.188. The van der Waals surface area contributed by atoms with Crippen LogP contribution in [0.3, 0.4) is 0 Å². The molecule has 2 aromatic rings. The van der Waals surface area contributed by atoms with Gasteiger partial charge in [0.2, 0.25) is 0 Å². The van der Waals surface area contributed by atoms with Crippen molar-refractivity contribution in [1.82, 2.24) is 4.90 Å². The molecule has 4 rings (SSSR count). The highest BCUT2D eigenvalue weighted by molar-refractivity contribution is 8.07. The summed E-state index contributed by atoms with van der Waals surface area (Å²) in [7, 11) is 1.65. The Kier molecular flexibility index (Phi) is 2.72. The summed E-state index contributed by atoms with van der Waals surface area (Å²) >= 11 is 1.52. The number of hydrogen-bond donors (Lipinski definition) is 0. The van der Waals surface area contributed by atoms with Gasteiger partial charge in [-0.1, -0.05) is 17.8 Å². The average molecular weight is 296 g/mol. The molecule has 0 saturated carbocycles. The molecule has 0 bridgehead atoms. The standard InChI is InChI=1S/C16H12N2O2S/c1-19-11-4-5-12-10(7-11)8-13(20-12)16-14(9-17)21-15-3-2-6-18(15)16/h3-5,7-8H,2,6H2,1H3. The largest absolute Gasteiger partial charge is 0.497 e. The molecule has 0 radical (unpaired) electrons. The Morgan fingerprint density at radius 1 is 1.38 bits per heavy atom. The number of rotatable bonds is 2. The van der Waals surface area contributed by atoms with Crippen LogP contribution in [-0.2, 0) is 0 Å².